The van der Waals surface area contributed by atoms with Crippen LogP contribution in [0.2, 0.25) is 0 Å². The first-order valence-electron chi connectivity index (χ1n) is 4.31. The maximum Gasteiger partial charge on any atom is 0.159 e. The highest BCUT2D eigenvalue weighted by molar-refractivity contribution is 5.78. The lowest BCUT2D eigenvalue weighted by atomic mass is 9.84. The molecule has 0 saturated carbocycles. The van der Waals surface area contributed by atoms with Gasteiger partial charge in [-0.05, 0) is 23.1 Å². The van der Waals surface area contributed by atoms with Crippen molar-refractivity contribution in [3.8, 4) is 0 Å². The molecule has 76 valence electrons. The molecule has 3 heteroatoms. The number of rotatable bonds is 1. The molecule has 0 N–H and O–H groups in total. The van der Waals surface area contributed by atoms with Crippen molar-refractivity contribution in [3.05, 3.63) is 34.9 Å². The monoisotopic (exact) mass is 198 g/mol. The maximum atomic E-state index is 12.9. The van der Waals surface area contributed by atoms with E-state index >= 15 is 0 Å². The van der Waals surface area contributed by atoms with Gasteiger partial charge in [-0.2, -0.15) is 0 Å². The second kappa shape index (κ2) is 3.48. The van der Waals surface area contributed by atoms with E-state index in [1.54, 1.807) is 0 Å². The molecule has 0 aliphatic heterocycles. The van der Waals surface area contributed by atoms with E-state index in [9.17, 15) is 13.6 Å². The van der Waals surface area contributed by atoms with Gasteiger partial charge in [-0.1, -0.05) is 20.8 Å². The fourth-order valence-electron chi connectivity index (χ4n) is 1.31. The molecule has 0 bridgehead atoms. The van der Waals surface area contributed by atoms with E-state index in [4.69, 9.17) is 0 Å². The van der Waals surface area contributed by atoms with Crippen LogP contribution in [0.1, 0.15) is 36.7 Å². The number of hydrogen-bond donors (Lipinski definition) is 0. The highest BCUT2D eigenvalue weighted by Crippen LogP contribution is 2.26. The van der Waals surface area contributed by atoms with Gasteiger partial charge in [-0.25, -0.2) is 8.78 Å². The van der Waals surface area contributed by atoms with Crippen molar-refractivity contribution in [3.63, 3.8) is 0 Å². The summed E-state index contributed by atoms with van der Waals surface area (Å²) in [6.07, 6.45) is 0.545. The summed E-state index contributed by atoms with van der Waals surface area (Å²) in [6.45, 7) is 5.52. The summed E-state index contributed by atoms with van der Waals surface area (Å²) >= 11 is 0. The van der Waals surface area contributed by atoms with E-state index in [1.165, 1.54) is 0 Å². The van der Waals surface area contributed by atoms with Crippen molar-refractivity contribution in [1.29, 1.82) is 0 Å². The Morgan fingerprint density at radius 3 is 2.07 bits per heavy atom. The maximum absolute atomic E-state index is 12.9. The van der Waals surface area contributed by atoms with Crippen molar-refractivity contribution < 1.29 is 13.6 Å². The second-order valence-electron chi connectivity index (χ2n) is 4.22. The largest absolute Gasteiger partial charge is 0.298 e. The normalized spacial score (nSPS) is 11.5. The molecule has 0 aliphatic carbocycles. The molecule has 0 atom stereocenters. The third-order valence-electron chi connectivity index (χ3n) is 2.03. The van der Waals surface area contributed by atoms with E-state index in [0.717, 1.165) is 12.1 Å². The summed E-state index contributed by atoms with van der Waals surface area (Å²) in [4.78, 5) is 10.6. The summed E-state index contributed by atoms with van der Waals surface area (Å²) < 4.78 is 25.7. The van der Waals surface area contributed by atoms with E-state index < -0.39 is 11.6 Å². The van der Waals surface area contributed by atoms with E-state index in [1.807, 2.05) is 20.8 Å². The number of halogens is 2. The average Bonchev–Trinajstić information content (AvgIpc) is 2.07. The molecule has 1 rings (SSSR count). The predicted molar refractivity (Wildman–Crippen MR) is 50.4 cm³/mol. The molecule has 0 aromatic heterocycles. The standard InChI is InChI=1S/C11H12F2O/c1-11(2,3)8-5-10(13)9(12)4-7(8)6-14/h4-6H,1-3H3. The fraction of sp³-hybridized carbons (Fsp3) is 0.364. The summed E-state index contributed by atoms with van der Waals surface area (Å²) in [5.41, 5.74) is 0.355. The molecule has 1 aromatic carbocycles. The van der Waals surface area contributed by atoms with Gasteiger partial charge in [0.1, 0.15) is 6.29 Å². The Hall–Kier alpha value is -1.25. The van der Waals surface area contributed by atoms with Crippen LogP contribution in [-0.4, -0.2) is 6.29 Å². The van der Waals surface area contributed by atoms with Gasteiger partial charge in [0.2, 0.25) is 0 Å². The predicted octanol–water partition coefficient (Wildman–Crippen LogP) is 3.07. The Kier molecular flexibility index (Phi) is 2.69. The molecule has 0 amide bonds. The molecule has 0 radical (unpaired) electrons. The Morgan fingerprint density at radius 2 is 1.64 bits per heavy atom. The van der Waals surface area contributed by atoms with Gasteiger partial charge in [0.25, 0.3) is 0 Å². The van der Waals surface area contributed by atoms with Crippen molar-refractivity contribution in [2.75, 3.05) is 0 Å². The second-order valence-corrected chi connectivity index (χ2v) is 4.22. The van der Waals surface area contributed by atoms with Crippen LogP contribution >= 0.6 is 0 Å². The lowest BCUT2D eigenvalue weighted by Crippen LogP contribution is -2.15. The first kappa shape index (κ1) is 10.8. The third-order valence-corrected chi connectivity index (χ3v) is 2.03. The molecule has 0 spiro atoms. The van der Waals surface area contributed by atoms with Gasteiger partial charge in [0, 0.05) is 5.56 Å². The smallest absolute Gasteiger partial charge is 0.159 e. The molecule has 1 aromatic rings. The zero-order valence-electron chi connectivity index (χ0n) is 8.40. The van der Waals surface area contributed by atoms with Crippen LogP contribution < -0.4 is 0 Å². The Bertz CT molecular complexity index is 364. The Balaban J connectivity index is 3.42. The van der Waals surface area contributed by atoms with Gasteiger partial charge < -0.3 is 0 Å². The minimum Gasteiger partial charge on any atom is -0.298 e. The van der Waals surface area contributed by atoms with Crippen molar-refractivity contribution in [2.24, 2.45) is 0 Å². The fourth-order valence-corrected chi connectivity index (χ4v) is 1.31. The third kappa shape index (κ3) is 1.97. The zero-order valence-corrected chi connectivity index (χ0v) is 8.40. The van der Waals surface area contributed by atoms with Crippen LogP contribution in [0.5, 0.6) is 0 Å². The van der Waals surface area contributed by atoms with Crippen LogP contribution in [0.3, 0.4) is 0 Å². The first-order valence-corrected chi connectivity index (χ1v) is 4.31. The van der Waals surface area contributed by atoms with Crippen molar-refractivity contribution >= 4 is 6.29 Å². The molecule has 0 fully saturated rings. The first-order chi connectivity index (χ1) is 6.36. The van der Waals surface area contributed by atoms with Gasteiger partial charge in [-0.15, -0.1) is 0 Å². The molecule has 1 nitrogen and oxygen atoms in total. The van der Waals surface area contributed by atoms with Gasteiger partial charge in [0.05, 0.1) is 0 Å². The van der Waals surface area contributed by atoms with Crippen LogP contribution in [0, 0.1) is 11.6 Å². The molecule has 0 unspecified atom stereocenters. The van der Waals surface area contributed by atoms with Crippen LogP contribution in [0.25, 0.3) is 0 Å². The van der Waals surface area contributed by atoms with E-state index in [-0.39, 0.29) is 11.0 Å². The highest BCUT2D eigenvalue weighted by Gasteiger charge is 2.20. The molecule has 0 aliphatic rings. The summed E-state index contributed by atoms with van der Waals surface area (Å²) in [6, 6.07) is 2.02. The van der Waals surface area contributed by atoms with Crippen LogP contribution in [0.4, 0.5) is 8.78 Å². The number of carbonyl (C=O) groups is 1. The SMILES string of the molecule is CC(C)(C)c1cc(F)c(F)cc1C=O. The lowest BCUT2D eigenvalue weighted by Gasteiger charge is -2.21. The number of hydrogen-bond acceptors (Lipinski definition) is 1. The molecule has 0 saturated heterocycles. The topological polar surface area (TPSA) is 17.1 Å². The van der Waals surface area contributed by atoms with Gasteiger partial charge in [0.15, 0.2) is 11.6 Å². The molecular weight excluding hydrogens is 186 g/mol. The Morgan fingerprint density at radius 1 is 1.14 bits per heavy atom. The molecule has 14 heavy (non-hydrogen) atoms. The molecule has 0 heterocycles. The van der Waals surface area contributed by atoms with E-state index in [0.29, 0.717) is 11.8 Å². The van der Waals surface area contributed by atoms with E-state index in [2.05, 4.69) is 0 Å². The quantitative estimate of drug-likeness (QED) is 0.634. The zero-order chi connectivity index (χ0) is 10.9. The summed E-state index contributed by atoms with van der Waals surface area (Å²) in [7, 11) is 0. The molecular formula is C11H12F2O. The van der Waals surface area contributed by atoms with Crippen molar-refractivity contribution in [1.82, 2.24) is 0 Å². The number of benzene rings is 1. The van der Waals surface area contributed by atoms with Crippen LogP contribution in [0.15, 0.2) is 12.1 Å². The summed E-state index contributed by atoms with van der Waals surface area (Å²) in [5.74, 6) is -1.90. The Labute approximate surface area is 81.7 Å². The number of carbonyl (C=O) groups excluding carboxylic acids is 1. The lowest BCUT2D eigenvalue weighted by molar-refractivity contribution is 0.112. The average molecular weight is 198 g/mol. The minimum atomic E-state index is -0.986. The summed E-state index contributed by atoms with van der Waals surface area (Å²) in [5, 5.41) is 0. The number of aldehydes is 1. The van der Waals surface area contributed by atoms with Crippen molar-refractivity contribution in [2.45, 2.75) is 26.2 Å². The van der Waals surface area contributed by atoms with Crippen LogP contribution in [-0.2, 0) is 5.41 Å². The van der Waals surface area contributed by atoms with Gasteiger partial charge >= 0.3 is 0 Å². The highest BCUT2D eigenvalue weighted by atomic mass is 19.2. The van der Waals surface area contributed by atoms with Gasteiger partial charge in [-0.3, -0.25) is 4.79 Å². The minimum absolute atomic E-state index is 0.205.